The summed E-state index contributed by atoms with van der Waals surface area (Å²) < 4.78 is 65.9. The van der Waals surface area contributed by atoms with Gasteiger partial charge in [0.25, 0.3) is 0 Å². The summed E-state index contributed by atoms with van der Waals surface area (Å²) in [4.78, 5) is 12.0. The van der Waals surface area contributed by atoms with Crippen molar-refractivity contribution in [3.8, 4) is 11.1 Å². The third-order valence-electron chi connectivity index (χ3n) is 5.28. The summed E-state index contributed by atoms with van der Waals surface area (Å²) in [5, 5.41) is 9.80. The van der Waals surface area contributed by atoms with E-state index in [0.717, 1.165) is 30.3 Å². The van der Waals surface area contributed by atoms with Crippen molar-refractivity contribution in [1.29, 1.82) is 0 Å². The van der Waals surface area contributed by atoms with E-state index in [1.165, 1.54) is 18.2 Å². The lowest BCUT2D eigenvalue weighted by Crippen LogP contribution is -2.14. The maximum Gasteiger partial charge on any atom is 0.416 e. The number of halogens is 5. The van der Waals surface area contributed by atoms with E-state index in [0.29, 0.717) is 28.7 Å². The molecule has 3 aromatic rings. The minimum absolute atomic E-state index is 0.0880. The average Bonchev–Trinajstić information content (AvgIpc) is 2.74. The molecule has 0 saturated carbocycles. The van der Waals surface area contributed by atoms with Crippen LogP contribution in [0.1, 0.15) is 48.4 Å². The van der Waals surface area contributed by atoms with Gasteiger partial charge in [-0.05, 0) is 70.5 Å². The first kappa shape index (κ1) is 25.1. The van der Waals surface area contributed by atoms with Crippen molar-refractivity contribution in [2.75, 3.05) is 0 Å². The molecule has 0 fully saturated rings. The Labute approximate surface area is 194 Å². The Bertz CT molecular complexity index is 1170. The van der Waals surface area contributed by atoms with E-state index >= 15 is 0 Å². The van der Waals surface area contributed by atoms with Crippen LogP contribution in [-0.4, -0.2) is 11.1 Å². The first-order valence-corrected chi connectivity index (χ1v) is 10.6. The number of hydrogen-bond acceptors (Lipinski definition) is 1. The van der Waals surface area contributed by atoms with Crippen molar-refractivity contribution >= 4 is 18.1 Å². The van der Waals surface area contributed by atoms with Crippen molar-refractivity contribution in [3.63, 3.8) is 0 Å². The smallest absolute Gasteiger partial charge is 0.416 e. The molecule has 0 saturated heterocycles. The Morgan fingerprint density at radius 2 is 1.41 bits per heavy atom. The number of benzene rings is 3. The summed E-state index contributed by atoms with van der Waals surface area (Å²) in [5.41, 5.74) is 1.54. The van der Waals surface area contributed by atoms with Gasteiger partial charge in [-0.3, -0.25) is 4.79 Å². The lowest BCUT2D eigenvalue weighted by atomic mass is 9.87. The van der Waals surface area contributed by atoms with E-state index in [1.54, 1.807) is 24.3 Å². The topological polar surface area (TPSA) is 37.3 Å². The van der Waals surface area contributed by atoms with Gasteiger partial charge >= 0.3 is 12.1 Å². The molecule has 0 aliphatic carbocycles. The number of carboxylic acid groups (broad SMARTS) is 1. The minimum atomic E-state index is -4.47. The molecular weight excluding hydrogens is 451 g/mol. The quantitative estimate of drug-likeness (QED) is 0.278. The van der Waals surface area contributed by atoms with E-state index in [9.17, 15) is 31.9 Å². The molecule has 0 spiro atoms. The fraction of sp³-hybridized carbons (Fsp3) is 0.222. The normalized spacial score (nSPS) is 12.9. The zero-order valence-electron chi connectivity index (χ0n) is 18.5. The lowest BCUT2D eigenvalue weighted by molar-refractivity contribution is -0.139. The summed E-state index contributed by atoms with van der Waals surface area (Å²) in [7, 11) is 0. The zero-order valence-corrected chi connectivity index (χ0v) is 18.5. The molecule has 7 heteroatoms. The largest absolute Gasteiger partial charge is 0.481 e. The predicted molar refractivity (Wildman–Crippen MR) is 122 cm³/mol. The highest BCUT2D eigenvalue weighted by molar-refractivity contribution is 5.80. The number of carboxylic acids is 1. The highest BCUT2D eigenvalue weighted by Gasteiger charge is 2.30. The molecule has 0 radical (unpaired) electrons. The van der Waals surface area contributed by atoms with Gasteiger partial charge in [0, 0.05) is 6.07 Å². The van der Waals surface area contributed by atoms with Crippen LogP contribution in [0.25, 0.3) is 23.3 Å². The van der Waals surface area contributed by atoms with Gasteiger partial charge in [-0.1, -0.05) is 50.3 Å². The maximum absolute atomic E-state index is 13.5. The third-order valence-corrected chi connectivity index (χ3v) is 5.28. The van der Waals surface area contributed by atoms with Gasteiger partial charge in [0.2, 0.25) is 0 Å². The molecule has 3 aromatic carbocycles. The summed E-state index contributed by atoms with van der Waals surface area (Å²) in [5.74, 6) is -3.22. The van der Waals surface area contributed by atoms with Crippen LogP contribution in [0, 0.1) is 17.6 Å². The van der Waals surface area contributed by atoms with Crippen LogP contribution >= 0.6 is 0 Å². The van der Waals surface area contributed by atoms with Gasteiger partial charge in [0.05, 0.1) is 11.5 Å². The van der Waals surface area contributed by atoms with Crippen LogP contribution < -0.4 is 0 Å². The standard InChI is InChI=1S/C27H23F5O2/c1-16(2)9-25(26(33)34)21-11-17(3-4-18-12-23(28)15-24(29)13-18)10-20(14-21)19-5-7-22(8-6-19)27(30,31)32/h3-8,10-16,25H,9H2,1-2H3,(H,33,34)/b4-3+. The van der Waals surface area contributed by atoms with Gasteiger partial charge in [-0.2, -0.15) is 13.2 Å². The number of carbonyl (C=O) groups is 1. The lowest BCUT2D eigenvalue weighted by Gasteiger charge is -2.17. The Kier molecular flexibility index (Phi) is 7.54. The van der Waals surface area contributed by atoms with E-state index in [2.05, 4.69) is 0 Å². The van der Waals surface area contributed by atoms with Crippen molar-refractivity contribution < 1.29 is 31.9 Å². The summed E-state index contributed by atoms with van der Waals surface area (Å²) in [6.07, 6.45) is -1.04. The fourth-order valence-corrected chi connectivity index (χ4v) is 3.71. The molecule has 34 heavy (non-hydrogen) atoms. The second-order valence-electron chi connectivity index (χ2n) is 8.52. The van der Waals surface area contributed by atoms with E-state index < -0.39 is 35.3 Å². The number of hydrogen-bond donors (Lipinski definition) is 1. The van der Waals surface area contributed by atoms with Crippen LogP contribution in [0.5, 0.6) is 0 Å². The monoisotopic (exact) mass is 474 g/mol. The Balaban J connectivity index is 2.09. The van der Waals surface area contributed by atoms with E-state index in [4.69, 9.17) is 0 Å². The highest BCUT2D eigenvalue weighted by atomic mass is 19.4. The second kappa shape index (κ2) is 10.2. The van der Waals surface area contributed by atoms with Gasteiger partial charge in [0.1, 0.15) is 11.6 Å². The van der Waals surface area contributed by atoms with Crippen LogP contribution in [0.3, 0.4) is 0 Å². The first-order chi connectivity index (χ1) is 15.9. The van der Waals surface area contributed by atoms with Crippen molar-refractivity contribution in [2.45, 2.75) is 32.4 Å². The molecule has 3 rings (SSSR count). The summed E-state index contributed by atoms with van der Waals surface area (Å²) in [6, 6.07) is 12.7. The second-order valence-corrected chi connectivity index (χ2v) is 8.52. The number of aliphatic carboxylic acids is 1. The summed E-state index contributed by atoms with van der Waals surface area (Å²) in [6.45, 7) is 3.80. The predicted octanol–water partition coefficient (Wildman–Crippen LogP) is 8.04. The molecule has 0 aromatic heterocycles. The molecule has 178 valence electrons. The fourth-order valence-electron chi connectivity index (χ4n) is 3.71. The van der Waals surface area contributed by atoms with Crippen LogP contribution in [0.2, 0.25) is 0 Å². The van der Waals surface area contributed by atoms with Gasteiger partial charge in [-0.15, -0.1) is 0 Å². The molecule has 0 bridgehead atoms. The minimum Gasteiger partial charge on any atom is -0.481 e. The van der Waals surface area contributed by atoms with E-state index in [1.807, 2.05) is 13.8 Å². The van der Waals surface area contributed by atoms with Gasteiger partial charge < -0.3 is 5.11 Å². The van der Waals surface area contributed by atoms with Crippen molar-refractivity contribution in [2.24, 2.45) is 5.92 Å². The molecule has 1 atom stereocenters. The van der Waals surface area contributed by atoms with Crippen molar-refractivity contribution in [1.82, 2.24) is 0 Å². The highest BCUT2D eigenvalue weighted by Crippen LogP contribution is 2.34. The maximum atomic E-state index is 13.5. The number of rotatable bonds is 7. The molecule has 1 unspecified atom stereocenters. The molecule has 2 nitrogen and oxygen atoms in total. The third kappa shape index (κ3) is 6.53. The Morgan fingerprint density at radius 1 is 0.853 bits per heavy atom. The Morgan fingerprint density at radius 3 is 1.91 bits per heavy atom. The Hall–Kier alpha value is -3.48. The molecule has 0 aliphatic rings. The average molecular weight is 474 g/mol. The molecule has 0 aliphatic heterocycles. The van der Waals surface area contributed by atoms with Gasteiger partial charge in [-0.25, -0.2) is 8.78 Å². The first-order valence-electron chi connectivity index (χ1n) is 10.6. The van der Waals surface area contributed by atoms with Crippen LogP contribution in [-0.2, 0) is 11.0 Å². The SMILES string of the molecule is CC(C)CC(C(=O)O)c1cc(/C=C/c2cc(F)cc(F)c2)cc(-c2ccc(C(F)(F)F)cc2)c1. The molecule has 0 amide bonds. The zero-order chi connectivity index (χ0) is 25.0. The molecule has 1 N–H and O–H groups in total. The summed E-state index contributed by atoms with van der Waals surface area (Å²) >= 11 is 0. The molecular formula is C27H23F5O2. The van der Waals surface area contributed by atoms with Crippen molar-refractivity contribution in [3.05, 3.63) is 94.6 Å². The van der Waals surface area contributed by atoms with Crippen LogP contribution in [0.15, 0.2) is 60.7 Å². The number of alkyl halides is 3. The van der Waals surface area contributed by atoms with E-state index in [-0.39, 0.29) is 11.5 Å². The molecule has 0 heterocycles. The van der Waals surface area contributed by atoms with Crippen LogP contribution in [0.4, 0.5) is 22.0 Å². The van der Waals surface area contributed by atoms with Gasteiger partial charge in [0.15, 0.2) is 0 Å².